The third-order valence-corrected chi connectivity index (χ3v) is 4.88. The summed E-state index contributed by atoms with van der Waals surface area (Å²) in [5.74, 6) is -4.36. The highest BCUT2D eigenvalue weighted by atomic mass is 19.3. The standard InChI is InChI=1S/C22H22F2N4O3/c1-2-31-9-3-4-15-5-6-19-18(10-15)17(7-8-26-19)21(30)27-13-20(29)28-14-22(23,24)11-16(28)12-25/h3-8,10,16H,2,9,11,13-14H2,1H3,(H,27,30). The topological polar surface area (TPSA) is 95.3 Å². The molecule has 0 spiro atoms. The van der Waals surface area contributed by atoms with Crippen molar-refractivity contribution in [3.05, 3.63) is 47.7 Å². The van der Waals surface area contributed by atoms with Gasteiger partial charge in [0.25, 0.3) is 11.8 Å². The number of pyridine rings is 1. The highest BCUT2D eigenvalue weighted by Crippen LogP contribution is 2.31. The van der Waals surface area contributed by atoms with Crippen molar-refractivity contribution in [1.29, 1.82) is 5.26 Å². The Morgan fingerprint density at radius 1 is 1.42 bits per heavy atom. The maximum Gasteiger partial charge on any atom is 0.268 e. The van der Waals surface area contributed by atoms with Gasteiger partial charge in [0.1, 0.15) is 6.04 Å². The largest absolute Gasteiger partial charge is 0.378 e. The van der Waals surface area contributed by atoms with Crippen LogP contribution in [-0.2, 0) is 9.53 Å². The fourth-order valence-electron chi connectivity index (χ4n) is 3.38. The second kappa shape index (κ2) is 9.62. The lowest BCUT2D eigenvalue weighted by atomic mass is 10.0. The SMILES string of the molecule is CCOCC=Cc1ccc2nccc(C(=O)NCC(=O)N3CC(F)(F)CC3C#N)c2c1. The molecule has 3 rings (SSSR count). The van der Waals surface area contributed by atoms with Gasteiger partial charge in [0.2, 0.25) is 5.91 Å². The summed E-state index contributed by atoms with van der Waals surface area (Å²) in [4.78, 5) is 30.1. The number of carbonyl (C=O) groups excluding carboxylic acids is 2. The lowest BCUT2D eigenvalue weighted by Crippen LogP contribution is -2.43. The molecule has 7 nitrogen and oxygen atoms in total. The van der Waals surface area contributed by atoms with Crippen LogP contribution in [0.5, 0.6) is 0 Å². The first-order valence-electron chi connectivity index (χ1n) is 9.83. The van der Waals surface area contributed by atoms with Crippen molar-refractivity contribution < 1.29 is 23.1 Å². The summed E-state index contributed by atoms with van der Waals surface area (Å²) in [7, 11) is 0. The Hall–Kier alpha value is -3.38. The number of likely N-dealkylation sites (tertiary alicyclic amines) is 1. The number of aromatic nitrogens is 1. The molecule has 1 N–H and O–H groups in total. The van der Waals surface area contributed by atoms with Gasteiger partial charge in [-0.2, -0.15) is 5.26 Å². The number of rotatable bonds is 7. The molecule has 1 atom stereocenters. The zero-order chi connectivity index (χ0) is 22.4. The molecule has 0 radical (unpaired) electrons. The van der Waals surface area contributed by atoms with Gasteiger partial charge in [-0.15, -0.1) is 0 Å². The van der Waals surface area contributed by atoms with Crippen molar-refractivity contribution >= 4 is 28.8 Å². The van der Waals surface area contributed by atoms with Crippen LogP contribution < -0.4 is 5.32 Å². The molecule has 0 saturated carbocycles. The molecule has 2 amide bonds. The summed E-state index contributed by atoms with van der Waals surface area (Å²) in [5.41, 5.74) is 1.76. The molecule has 162 valence electrons. The van der Waals surface area contributed by atoms with E-state index in [-0.39, 0.29) is 0 Å². The summed E-state index contributed by atoms with van der Waals surface area (Å²) in [6.45, 7) is 1.68. The van der Waals surface area contributed by atoms with Gasteiger partial charge in [0, 0.05) is 24.6 Å². The van der Waals surface area contributed by atoms with Crippen LogP contribution in [-0.4, -0.2) is 60.0 Å². The quantitative estimate of drug-likeness (QED) is 0.685. The Morgan fingerprint density at radius 3 is 2.97 bits per heavy atom. The van der Waals surface area contributed by atoms with E-state index in [1.807, 2.05) is 25.1 Å². The normalized spacial score (nSPS) is 17.7. The van der Waals surface area contributed by atoms with Crippen molar-refractivity contribution in [2.75, 3.05) is 26.3 Å². The van der Waals surface area contributed by atoms with E-state index in [2.05, 4.69) is 10.3 Å². The van der Waals surface area contributed by atoms with Crippen LogP contribution in [0.4, 0.5) is 8.78 Å². The zero-order valence-corrected chi connectivity index (χ0v) is 17.0. The van der Waals surface area contributed by atoms with Gasteiger partial charge in [-0.05, 0) is 30.7 Å². The van der Waals surface area contributed by atoms with E-state index in [0.717, 1.165) is 10.5 Å². The number of hydrogen-bond acceptors (Lipinski definition) is 5. The van der Waals surface area contributed by atoms with Gasteiger partial charge in [0.05, 0.1) is 36.8 Å². The number of hydrogen-bond donors (Lipinski definition) is 1. The summed E-state index contributed by atoms with van der Waals surface area (Å²) in [6, 6.07) is 7.48. The summed E-state index contributed by atoms with van der Waals surface area (Å²) in [5, 5.41) is 12.1. The molecule has 1 fully saturated rings. The van der Waals surface area contributed by atoms with Crippen molar-refractivity contribution in [2.45, 2.75) is 25.3 Å². The molecular formula is C22H22F2N4O3. The smallest absolute Gasteiger partial charge is 0.268 e. The molecule has 0 bridgehead atoms. The van der Waals surface area contributed by atoms with E-state index in [0.29, 0.717) is 29.7 Å². The number of nitrogens with one attached hydrogen (secondary N) is 1. The molecule has 0 aliphatic carbocycles. The second-order valence-electron chi connectivity index (χ2n) is 7.11. The summed E-state index contributed by atoms with van der Waals surface area (Å²) < 4.78 is 32.4. The minimum atomic E-state index is -3.10. The van der Waals surface area contributed by atoms with Crippen LogP contribution in [0.15, 0.2) is 36.5 Å². The van der Waals surface area contributed by atoms with Crippen molar-refractivity contribution in [3.63, 3.8) is 0 Å². The van der Waals surface area contributed by atoms with E-state index in [4.69, 9.17) is 10.00 Å². The first-order chi connectivity index (χ1) is 14.8. The highest BCUT2D eigenvalue weighted by molar-refractivity contribution is 6.07. The minimum Gasteiger partial charge on any atom is -0.378 e. The van der Waals surface area contributed by atoms with E-state index in [9.17, 15) is 18.4 Å². The Balaban J connectivity index is 1.72. The number of ether oxygens (including phenoxy) is 1. The fourth-order valence-corrected chi connectivity index (χ4v) is 3.38. The number of nitrogens with zero attached hydrogens (tertiary/aromatic N) is 3. The molecule has 1 saturated heterocycles. The Morgan fingerprint density at radius 2 is 2.23 bits per heavy atom. The molecule has 1 aliphatic rings. The fraction of sp³-hybridized carbons (Fsp3) is 0.364. The maximum absolute atomic E-state index is 13.5. The second-order valence-corrected chi connectivity index (χ2v) is 7.11. The molecular weight excluding hydrogens is 406 g/mol. The minimum absolute atomic E-state index is 0.307. The van der Waals surface area contributed by atoms with Gasteiger partial charge >= 0.3 is 0 Å². The third-order valence-electron chi connectivity index (χ3n) is 4.88. The predicted octanol–water partition coefficient (Wildman–Crippen LogP) is 2.77. The molecule has 2 aromatic rings. The van der Waals surface area contributed by atoms with Crippen molar-refractivity contribution in [2.24, 2.45) is 0 Å². The van der Waals surface area contributed by atoms with Gasteiger partial charge < -0.3 is 15.0 Å². The molecule has 1 aromatic heterocycles. The third kappa shape index (κ3) is 5.41. The van der Waals surface area contributed by atoms with Gasteiger partial charge in [-0.25, -0.2) is 8.78 Å². The summed E-state index contributed by atoms with van der Waals surface area (Å²) in [6.07, 6.45) is 4.51. The number of carbonyl (C=O) groups is 2. The molecule has 1 aliphatic heterocycles. The van der Waals surface area contributed by atoms with Crippen molar-refractivity contribution in [1.82, 2.24) is 15.2 Å². The zero-order valence-electron chi connectivity index (χ0n) is 17.0. The lowest BCUT2D eigenvalue weighted by molar-refractivity contribution is -0.131. The van der Waals surface area contributed by atoms with E-state index >= 15 is 0 Å². The van der Waals surface area contributed by atoms with Gasteiger partial charge in [0.15, 0.2) is 0 Å². The first kappa shape index (κ1) is 22.3. The molecule has 9 heteroatoms. The number of alkyl halides is 2. The Kier molecular flexibility index (Phi) is 6.92. The predicted molar refractivity (Wildman–Crippen MR) is 110 cm³/mol. The average molecular weight is 428 g/mol. The number of amides is 2. The van der Waals surface area contributed by atoms with Crippen LogP contribution in [0.1, 0.15) is 29.3 Å². The molecule has 1 unspecified atom stereocenters. The maximum atomic E-state index is 13.5. The van der Waals surface area contributed by atoms with Gasteiger partial charge in [-0.3, -0.25) is 14.6 Å². The van der Waals surface area contributed by atoms with Crippen LogP contribution in [0.25, 0.3) is 17.0 Å². The van der Waals surface area contributed by atoms with Crippen LogP contribution >= 0.6 is 0 Å². The average Bonchev–Trinajstić information content (AvgIpc) is 3.09. The Bertz CT molecular complexity index is 1050. The Labute approximate surface area is 178 Å². The van der Waals surface area contributed by atoms with Crippen LogP contribution in [0, 0.1) is 11.3 Å². The van der Waals surface area contributed by atoms with Crippen molar-refractivity contribution in [3.8, 4) is 6.07 Å². The molecule has 1 aromatic carbocycles. The van der Waals surface area contributed by atoms with E-state index in [1.54, 1.807) is 18.2 Å². The highest BCUT2D eigenvalue weighted by Gasteiger charge is 2.47. The van der Waals surface area contributed by atoms with Crippen LogP contribution in [0.2, 0.25) is 0 Å². The summed E-state index contributed by atoms with van der Waals surface area (Å²) >= 11 is 0. The monoisotopic (exact) mass is 428 g/mol. The number of halogens is 2. The molecule has 31 heavy (non-hydrogen) atoms. The first-order valence-corrected chi connectivity index (χ1v) is 9.83. The van der Waals surface area contributed by atoms with Gasteiger partial charge in [-0.1, -0.05) is 18.2 Å². The van der Waals surface area contributed by atoms with Crippen LogP contribution in [0.3, 0.4) is 0 Å². The van der Waals surface area contributed by atoms with E-state index < -0.39 is 43.3 Å². The van der Waals surface area contributed by atoms with E-state index in [1.165, 1.54) is 12.3 Å². The molecule has 2 heterocycles. The lowest BCUT2D eigenvalue weighted by Gasteiger charge is -2.19. The number of fused-ring (bicyclic) bond motifs is 1. The number of nitriles is 1. The number of benzene rings is 1.